The first-order valence-corrected chi connectivity index (χ1v) is 12.5. The molecule has 1 aromatic carbocycles. The number of hydrogen-bond donors (Lipinski definition) is 0. The minimum absolute atomic E-state index is 0.0545. The van der Waals surface area contributed by atoms with Gasteiger partial charge in [-0.1, -0.05) is 0 Å². The standard InChI is InChI=1S/C28H29FN6O/c1-33(27-24(16-31)28(36)34(2)25-14-7-20(15-30)32-26(25)27)21-10-12-23(13-11-21)35(17-18-3-4-18)22-8-5-19(29)6-9-22/h5-9,14,18,21,23H,3-4,10-13,17H2,1-2H3/t21-,23+. The molecule has 2 fully saturated rings. The molecule has 184 valence electrons. The largest absolute Gasteiger partial charge is 0.369 e. The first-order chi connectivity index (χ1) is 17.4. The molecular weight excluding hydrogens is 455 g/mol. The molecule has 2 heterocycles. The van der Waals surface area contributed by atoms with Gasteiger partial charge in [-0.05, 0) is 80.8 Å². The summed E-state index contributed by atoms with van der Waals surface area (Å²) in [5.74, 6) is 0.485. The number of anilines is 2. The van der Waals surface area contributed by atoms with Gasteiger partial charge in [0.2, 0.25) is 0 Å². The molecule has 2 aliphatic carbocycles. The van der Waals surface area contributed by atoms with Crippen LogP contribution in [0.25, 0.3) is 11.0 Å². The molecule has 0 amide bonds. The molecule has 0 atom stereocenters. The van der Waals surface area contributed by atoms with E-state index < -0.39 is 0 Å². The third-order valence-electron chi connectivity index (χ3n) is 7.76. The van der Waals surface area contributed by atoms with Crippen LogP contribution >= 0.6 is 0 Å². The van der Waals surface area contributed by atoms with E-state index in [4.69, 9.17) is 0 Å². The van der Waals surface area contributed by atoms with Crippen LogP contribution in [0, 0.1) is 34.4 Å². The summed E-state index contributed by atoms with van der Waals surface area (Å²) in [6.07, 6.45) is 6.20. The summed E-state index contributed by atoms with van der Waals surface area (Å²) in [5, 5.41) is 19.3. The van der Waals surface area contributed by atoms with Gasteiger partial charge in [-0.2, -0.15) is 10.5 Å². The fourth-order valence-corrected chi connectivity index (χ4v) is 5.52. The normalized spacial score (nSPS) is 19.5. The number of nitrogens with zero attached hydrogens (tertiary/aromatic N) is 6. The van der Waals surface area contributed by atoms with Crippen molar-refractivity contribution in [1.82, 2.24) is 9.55 Å². The van der Waals surface area contributed by atoms with Gasteiger partial charge in [-0.25, -0.2) is 9.37 Å². The molecule has 0 saturated heterocycles. The van der Waals surface area contributed by atoms with Crippen LogP contribution in [-0.2, 0) is 7.05 Å². The van der Waals surface area contributed by atoms with E-state index in [-0.39, 0.29) is 28.7 Å². The molecule has 2 aromatic heterocycles. The molecular formula is C28H29FN6O. The van der Waals surface area contributed by atoms with Gasteiger partial charge in [0.25, 0.3) is 5.56 Å². The Kier molecular flexibility index (Phi) is 6.36. The Morgan fingerprint density at radius 3 is 2.28 bits per heavy atom. The SMILES string of the molecule is Cn1c(=O)c(C#N)c(N(C)[C@H]2CC[C@@H](N(CC3CC3)c3ccc(F)cc3)CC2)c2nc(C#N)ccc21. The summed E-state index contributed by atoms with van der Waals surface area (Å²) in [4.78, 5) is 22.0. The maximum Gasteiger partial charge on any atom is 0.270 e. The van der Waals surface area contributed by atoms with Gasteiger partial charge in [-0.3, -0.25) is 4.79 Å². The highest BCUT2D eigenvalue weighted by Gasteiger charge is 2.33. The number of pyridine rings is 2. The van der Waals surface area contributed by atoms with Crippen molar-refractivity contribution in [2.24, 2.45) is 13.0 Å². The van der Waals surface area contributed by atoms with E-state index in [9.17, 15) is 19.7 Å². The number of hydrogen-bond acceptors (Lipinski definition) is 6. The topological polar surface area (TPSA) is 88.9 Å². The number of rotatable bonds is 6. The minimum Gasteiger partial charge on any atom is -0.369 e. The second kappa shape index (κ2) is 9.62. The van der Waals surface area contributed by atoms with Crippen molar-refractivity contribution >= 4 is 22.4 Å². The van der Waals surface area contributed by atoms with Crippen molar-refractivity contribution < 1.29 is 4.39 Å². The number of nitriles is 2. The average Bonchev–Trinajstić information content (AvgIpc) is 3.73. The number of aryl methyl sites for hydroxylation is 1. The molecule has 8 heteroatoms. The molecule has 0 N–H and O–H groups in total. The fraction of sp³-hybridized carbons (Fsp3) is 0.429. The number of benzene rings is 1. The Hall–Kier alpha value is -3.91. The van der Waals surface area contributed by atoms with Crippen LogP contribution in [0.2, 0.25) is 0 Å². The van der Waals surface area contributed by atoms with Crippen LogP contribution in [0.4, 0.5) is 15.8 Å². The highest BCUT2D eigenvalue weighted by molar-refractivity contribution is 5.92. The van der Waals surface area contributed by atoms with Gasteiger partial charge in [0, 0.05) is 38.4 Å². The number of halogens is 1. The number of fused-ring (bicyclic) bond motifs is 1. The van der Waals surface area contributed by atoms with Gasteiger partial charge >= 0.3 is 0 Å². The lowest BCUT2D eigenvalue weighted by atomic mass is 9.88. The second-order valence-electron chi connectivity index (χ2n) is 10.0. The zero-order valence-corrected chi connectivity index (χ0v) is 20.6. The van der Waals surface area contributed by atoms with Gasteiger partial charge < -0.3 is 14.4 Å². The monoisotopic (exact) mass is 484 g/mol. The summed E-state index contributed by atoms with van der Waals surface area (Å²) in [7, 11) is 3.54. The zero-order chi connectivity index (χ0) is 25.4. The molecule has 0 spiro atoms. The highest BCUT2D eigenvalue weighted by atomic mass is 19.1. The lowest BCUT2D eigenvalue weighted by molar-refractivity contribution is 0.365. The minimum atomic E-state index is -0.362. The van der Waals surface area contributed by atoms with Crippen molar-refractivity contribution in [3.05, 3.63) is 63.8 Å². The molecule has 7 nitrogen and oxygen atoms in total. The molecule has 3 aromatic rings. The predicted octanol–water partition coefficient (Wildman–Crippen LogP) is 4.48. The Morgan fingerprint density at radius 1 is 1.00 bits per heavy atom. The predicted molar refractivity (Wildman–Crippen MR) is 137 cm³/mol. The highest BCUT2D eigenvalue weighted by Crippen LogP contribution is 2.37. The molecule has 5 rings (SSSR count). The molecule has 36 heavy (non-hydrogen) atoms. The van der Waals surface area contributed by atoms with Crippen molar-refractivity contribution in [3.8, 4) is 12.1 Å². The Morgan fingerprint density at radius 2 is 1.67 bits per heavy atom. The summed E-state index contributed by atoms with van der Waals surface area (Å²) >= 11 is 0. The summed E-state index contributed by atoms with van der Waals surface area (Å²) in [6, 6.07) is 14.8. The van der Waals surface area contributed by atoms with Gasteiger partial charge in [0.15, 0.2) is 0 Å². The van der Waals surface area contributed by atoms with Crippen molar-refractivity contribution in [2.75, 3.05) is 23.4 Å². The van der Waals surface area contributed by atoms with Crippen LogP contribution in [0.1, 0.15) is 49.8 Å². The average molecular weight is 485 g/mol. The number of aromatic nitrogens is 2. The smallest absolute Gasteiger partial charge is 0.270 e. The van der Waals surface area contributed by atoms with Crippen molar-refractivity contribution in [1.29, 1.82) is 10.5 Å². The van der Waals surface area contributed by atoms with Gasteiger partial charge in [0.1, 0.15) is 34.7 Å². The molecule has 0 aliphatic heterocycles. The lowest BCUT2D eigenvalue weighted by Crippen LogP contribution is -2.44. The van der Waals surface area contributed by atoms with Gasteiger partial charge in [0.05, 0.1) is 11.2 Å². The van der Waals surface area contributed by atoms with Crippen molar-refractivity contribution in [2.45, 2.75) is 50.6 Å². The molecule has 0 bridgehead atoms. The maximum atomic E-state index is 13.5. The van der Waals surface area contributed by atoms with Crippen LogP contribution < -0.4 is 15.4 Å². The van der Waals surface area contributed by atoms with E-state index in [1.165, 1.54) is 29.5 Å². The third kappa shape index (κ3) is 4.40. The van der Waals surface area contributed by atoms with E-state index in [1.807, 2.05) is 24.1 Å². The van der Waals surface area contributed by atoms with Crippen LogP contribution in [0.3, 0.4) is 0 Å². The molecule has 2 saturated carbocycles. The maximum absolute atomic E-state index is 13.5. The van der Waals surface area contributed by atoms with E-state index in [1.54, 1.807) is 19.2 Å². The Labute approximate surface area is 210 Å². The molecule has 2 aliphatic rings. The Balaban J connectivity index is 1.43. The van der Waals surface area contributed by atoms with Crippen molar-refractivity contribution in [3.63, 3.8) is 0 Å². The quantitative estimate of drug-likeness (QED) is 0.513. The van der Waals surface area contributed by atoms with E-state index >= 15 is 0 Å². The molecule has 0 radical (unpaired) electrons. The first-order valence-electron chi connectivity index (χ1n) is 12.5. The second-order valence-corrected chi connectivity index (χ2v) is 10.0. The van der Waals surface area contributed by atoms with Gasteiger partial charge in [-0.15, -0.1) is 0 Å². The van der Waals surface area contributed by atoms with E-state index in [0.717, 1.165) is 37.9 Å². The first kappa shape index (κ1) is 23.8. The van der Waals surface area contributed by atoms with Crippen LogP contribution in [-0.4, -0.2) is 35.2 Å². The van der Waals surface area contributed by atoms with Crippen LogP contribution in [0.5, 0.6) is 0 Å². The summed E-state index contributed by atoms with van der Waals surface area (Å²) in [6.45, 7) is 0.996. The fourth-order valence-electron chi connectivity index (χ4n) is 5.52. The van der Waals surface area contributed by atoms with E-state index in [2.05, 4.69) is 22.0 Å². The van der Waals surface area contributed by atoms with Crippen LogP contribution in [0.15, 0.2) is 41.2 Å². The zero-order valence-electron chi connectivity index (χ0n) is 20.6. The third-order valence-corrected chi connectivity index (χ3v) is 7.76. The molecule has 0 unspecified atom stereocenters. The summed E-state index contributed by atoms with van der Waals surface area (Å²) < 4.78 is 15.0. The summed E-state index contributed by atoms with van der Waals surface area (Å²) in [5.41, 5.74) is 2.61. The Bertz CT molecular complexity index is 1420. The van der Waals surface area contributed by atoms with E-state index in [0.29, 0.717) is 28.7 Å². The lowest BCUT2D eigenvalue weighted by Gasteiger charge is -2.41.